The van der Waals surface area contributed by atoms with Gasteiger partial charge in [0.15, 0.2) is 0 Å². The van der Waals surface area contributed by atoms with Crippen molar-refractivity contribution in [1.29, 1.82) is 0 Å². The molecule has 1 aliphatic rings. The van der Waals surface area contributed by atoms with E-state index in [4.69, 9.17) is 0 Å². The molecule has 1 fully saturated rings. The molecular weight excluding hydrogens is 314 g/mol. The van der Waals surface area contributed by atoms with E-state index in [1.165, 1.54) is 12.0 Å². The third-order valence-corrected chi connectivity index (χ3v) is 4.96. The lowest BCUT2D eigenvalue weighted by atomic mass is 9.95. The standard InChI is InChI=1S/C20H27N3O2/c1-2-5-16-14-19(22-21-16)20(25)23-13-4-3-6-17(23)10-7-15-8-11-18(24)12-9-15/h8-9,11-12,14,17,24H,2-7,10,13H2,1H3,(H,21,22). The zero-order chi connectivity index (χ0) is 17.6. The van der Waals surface area contributed by atoms with Crippen molar-refractivity contribution in [3.05, 3.63) is 47.3 Å². The maximum absolute atomic E-state index is 12.9. The number of hydrogen-bond donors (Lipinski definition) is 2. The second-order valence-corrected chi connectivity index (χ2v) is 6.88. The molecular formula is C20H27N3O2. The van der Waals surface area contributed by atoms with Gasteiger partial charge in [0.05, 0.1) is 0 Å². The average molecular weight is 341 g/mol. The van der Waals surface area contributed by atoms with Gasteiger partial charge in [0.25, 0.3) is 5.91 Å². The maximum atomic E-state index is 12.9. The van der Waals surface area contributed by atoms with E-state index in [2.05, 4.69) is 17.1 Å². The Morgan fingerprint density at radius 2 is 2.08 bits per heavy atom. The van der Waals surface area contributed by atoms with Crippen molar-refractivity contribution in [1.82, 2.24) is 15.1 Å². The topological polar surface area (TPSA) is 69.2 Å². The number of likely N-dealkylation sites (tertiary alicyclic amines) is 1. The number of hydrogen-bond acceptors (Lipinski definition) is 3. The largest absolute Gasteiger partial charge is 0.508 e. The smallest absolute Gasteiger partial charge is 0.274 e. The molecule has 0 bridgehead atoms. The van der Waals surface area contributed by atoms with Crippen LogP contribution in [0.5, 0.6) is 5.75 Å². The van der Waals surface area contributed by atoms with E-state index < -0.39 is 0 Å². The molecule has 1 aliphatic heterocycles. The number of carbonyl (C=O) groups excluding carboxylic acids is 1. The predicted octanol–water partition coefficient (Wildman–Crippen LogP) is 3.70. The van der Waals surface area contributed by atoms with Crippen molar-refractivity contribution in [2.24, 2.45) is 0 Å². The molecule has 3 rings (SSSR count). The van der Waals surface area contributed by atoms with E-state index in [0.29, 0.717) is 11.4 Å². The molecule has 5 nitrogen and oxygen atoms in total. The first-order chi connectivity index (χ1) is 12.2. The zero-order valence-electron chi connectivity index (χ0n) is 14.9. The van der Waals surface area contributed by atoms with Crippen molar-refractivity contribution in [3.63, 3.8) is 0 Å². The lowest BCUT2D eigenvalue weighted by Crippen LogP contribution is -2.44. The lowest BCUT2D eigenvalue weighted by molar-refractivity contribution is 0.0596. The van der Waals surface area contributed by atoms with Crippen LogP contribution in [0.25, 0.3) is 0 Å². The first kappa shape index (κ1) is 17.5. The van der Waals surface area contributed by atoms with Gasteiger partial charge in [-0.3, -0.25) is 9.89 Å². The van der Waals surface area contributed by atoms with Crippen LogP contribution in [0.4, 0.5) is 0 Å². The Labute approximate surface area is 149 Å². The number of nitrogens with zero attached hydrogens (tertiary/aromatic N) is 2. The summed E-state index contributed by atoms with van der Waals surface area (Å²) in [6.07, 6.45) is 7.11. The fourth-order valence-corrected chi connectivity index (χ4v) is 3.58. The Balaban J connectivity index is 1.65. The van der Waals surface area contributed by atoms with Crippen molar-refractivity contribution in [2.75, 3.05) is 6.54 Å². The first-order valence-corrected chi connectivity index (χ1v) is 9.30. The summed E-state index contributed by atoms with van der Waals surface area (Å²) in [6.45, 7) is 2.93. The summed E-state index contributed by atoms with van der Waals surface area (Å²) < 4.78 is 0. The van der Waals surface area contributed by atoms with Crippen molar-refractivity contribution < 1.29 is 9.90 Å². The normalized spacial score (nSPS) is 17.6. The van der Waals surface area contributed by atoms with Crippen LogP contribution in [0.2, 0.25) is 0 Å². The minimum Gasteiger partial charge on any atom is -0.508 e. The third kappa shape index (κ3) is 4.41. The summed E-state index contributed by atoms with van der Waals surface area (Å²) in [5.74, 6) is 0.341. The quantitative estimate of drug-likeness (QED) is 0.842. The molecule has 1 amide bonds. The highest BCUT2D eigenvalue weighted by Gasteiger charge is 2.28. The number of carbonyl (C=O) groups is 1. The Kier molecular flexibility index (Phi) is 5.74. The van der Waals surface area contributed by atoms with Crippen molar-refractivity contribution >= 4 is 5.91 Å². The van der Waals surface area contributed by atoms with Crippen LogP contribution in [0.15, 0.2) is 30.3 Å². The molecule has 0 saturated carbocycles. The first-order valence-electron chi connectivity index (χ1n) is 9.30. The molecule has 134 valence electrons. The van der Waals surface area contributed by atoms with Crippen LogP contribution in [0, 0.1) is 0 Å². The SMILES string of the molecule is CCCc1cc(C(=O)N2CCCCC2CCc2ccc(O)cc2)n[nH]1. The van der Waals surface area contributed by atoms with E-state index in [1.54, 1.807) is 12.1 Å². The van der Waals surface area contributed by atoms with E-state index in [9.17, 15) is 9.90 Å². The summed E-state index contributed by atoms with van der Waals surface area (Å²) in [5, 5.41) is 16.6. The third-order valence-electron chi connectivity index (χ3n) is 4.96. The predicted molar refractivity (Wildman–Crippen MR) is 97.7 cm³/mol. The van der Waals surface area contributed by atoms with E-state index in [0.717, 1.165) is 50.8 Å². The number of nitrogens with one attached hydrogen (secondary N) is 1. The number of benzene rings is 1. The van der Waals surface area contributed by atoms with E-state index in [-0.39, 0.29) is 11.9 Å². The maximum Gasteiger partial charge on any atom is 0.274 e. The van der Waals surface area contributed by atoms with Gasteiger partial charge in [-0.25, -0.2) is 0 Å². The molecule has 0 spiro atoms. The van der Waals surface area contributed by atoms with Crippen LogP contribution in [-0.2, 0) is 12.8 Å². The Morgan fingerprint density at radius 1 is 1.28 bits per heavy atom. The van der Waals surface area contributed by atoms with Gasteiger partial charge in [0.2, 0.25) is 0 Å². The van der Waals surface area contributed by atoms with Gasteiger partial charge in [0, 0.05) is 18.3 Å². The summed E-state index contributed by atoms with van der Waals surface area (Å²) in [4.78, 5) is 14.9. The molecule has 1 atom stereocenters. The van der Waals surface area contributed by atoms with Gasteiger partial charge in [-0.05, 0) is 62.3 Å². The Hall–Kier alpha value is -2.30. The van der Waals surface area contributed by atoms with Crippen LogP contribution in [0.1, 0.15) is 60.8 Å². The fraction of sp³-hybridized carbons (Fsp3) is 0.500. The molecule has 1 aromatic heterocycles. The fourth-order valence-electron chi connectivity index (χ4n) is 3.58. The molecule has 0 aliphatic carbocycles. The molecule has 2 N–H and O–H groups in total. The molecule has 25 heavy (non-hydrogen) atoms. The number of phenolic OH excluding ortho intramolecular Hbond substituents is 1. The van der Waals surface area contributed by atoms with Gasteiger partial charge in [0.1, 0.15) is 11.4 Å². The van der Waals surface area contributed by atoms with Crippen LogP contribution in [-0.4, -0.2) is 38.7 Å². The number of aryl methyl sites for hydroxylation is 2. The average Bonchev–Trinajstić information content (AvgIpc) is 3.10. The zero-order valence-corrected chi connectivity index (χ0v) is 14.9. The van der Waals surface area contributed by atoms with Crippen LogP contribution >= 0.6 is 0 Å². The van der Waals surface area contributed by atoms with Crippen molar-refractivity contribution in [2.45, 2.75) is 57.9 Å². The minimum atomic E-state index is 0.0500. The number of aromatic hydroxyl groups is 1. The molecule has 2 heterocycles. The number of aromatic amines is 1. The molecule has 2 aromatic rings. The highest BCUT2D eigenvalue weighted by Crippen LogP contribution is 2.24. The monoisotopic (exact) mass is 341 g/mol. The second kappa shape index (κ2) is 8.19. The van der Waals surface area contributed by atoms with Gasteiger partial charge in [-0.15, -0.1) is 0 Å². The second-order valence-electron chi connectivity index (χ2n) is 6.88. The molecule has 1 aromatic carbocycles. The minimum absolute atomic E-state index is 0.0500. The molecule has 1 saturated heterocycles. The lowest BCUT2D eigenvalue weighted by Gasteiger charge is -2.35. The van der Waals surface area contributed by atoms with Crippen LogP contribution < -0.4 is 0 Å². The number of aromatic nitrogens is 2. The number of rotatable bonds is 6. The molecule has 5 heteroatoms. The summed E-state index contributed by atoms with van der Waals surface area (Å²) >= 11 is 0. The highest BCUT2D eigenvalue weighted by molar-refractivity contribution is 5.92. The number of phenols is 1. The number of amides is 1. The number of piperidine rings is 1. The van der Waals surface area contributed by atoms with E-state index >= 15 is 0 Å². The van der Waals surface area contributed by atoms with Gasteiger partial charge in [-0.2, -0.15) is 5.10 Å². The highest BCUT2D eigenvalue weighted by atomic mass is 16.3. The van der Waals surface area contributed by atoms with Gasteiger partial charge < -0.3 is 10.0 Å². The van der Waals surface area contributed by atoms with Crippen LogP contribution in [0.3, 0.4) is 0 Å². The Bertz CT molecular complexity index is 693. The summed E-state index contributed by atoms with van der Waals surface area (Å²) in [6, 6.07) is 9.51. The number of H-pyrrole nitrogens is 1. The molecule has 1 unspecified atom stereocenters. The molecule has 0 radical (unpaired) electrons. The van der Waals surface area contributed by atoms with Gasteiger partial charge in [-0.1, -0.05) is 25.5 Å². The van der Waals surface area contributed by atoms with E-state index in [1.807, 2.05) is 23.1 Å². The summed E-state index contributed by atoms with van der Waals surface area (Å²) in [7, 11) is 0. The summed E-state index contributed by atoms with van der Waals surface area (Å²) in [5.41, 5.74) is 2.77. The van der Waals surface area contributed by atoms with Crippen molar-refractivity contribution in [3.8, 4) is 5.75 Å². The van der Waals surface area contributed by atoms with Gasteiger partial charge >= 0.3 is 0 Å². The Morgan fingerprint density at radius 3 is 2.84 bits per heavy atom.